The van der Waals surface area contributed by atoms with Crippen molar-refractivity contribution in [3.05, 3.63) is 60.2 Å². The summed E-state index contributed by atoms with van der Waals surface area (Å²) in [4.78, 5) is 0. The Hall–Kier alpha value is -1.90. The molecular weight excluding hydrogens is 284 g/mol. The normalized spacial score (nSPS) is 16.6. The summed E-state index contributed by atoms with van der Waals surface area (Å²) < 4.78 is 11.1. The monoisotopic (exact) mass is 306 g/mol. The van der Waals surface area contributed by atoms with Crippen molar-refractivity contribution in [1.29, 1.82) is 0 Å². The molecule has 1 aliphatic heterocycles. The maximum absolute atomic E-state index is 5.85. The number of ether oxygens (including phenoxy) is 2. The van der Waals surface area contributed by atoms with Crippen molar-refractivity contribution in [1.82, 2.24) is 0 Å². The van der Waals surface area contributed by atoms with E-state index in [1.807, 2.05) is 0 Å². The molecule has 0 aliphatic carbocycles. The number of fused-ring (bicyclic) bond motifs is 3. The van der Waals surface area contributed by atoms with Gasteiger partial charge in [-0.05, 0) is 33.5 Å². The van der Waals surface area contributed by atoms with E-state index in [4.69, 9.17) is 9.47 Å². The summed E-state index contributed by atoms with van der Waals surface area (Å²) in [5.41, 5.74) is 1.57. The summed E-state index contributed by atoms with van der Waals surface area (Å²) >= 11 is 0. The van der Waals surface area contributed by atoms with E-state index in [1.165, 1.54) is 27.1 Å². The Labute approximate surface area is 137 Å². The number of benzene rings is 3. The number of rotatable bonds is 5. The van der Waals surface area contributed by atoms with Crippen LogP contribution in [0.1, 0.15) is 12.5 Å². The predicted molar refractivity (Wildman–Crippen MR) is 94.9 cm³/mol. The molecule has 0 unspecified atom stereocenters. The van der Waals surface area contributed by atoms with Crippen LogP contribution in [0, 0.1) is 5.41 Å². The molecule has 0 amide bonds. The first-order valence-corrected chi connectivity index (χ1v) is 8.29. The molecule has 1 heterocycles. The Morgan fingerprint density at radius 2 is 1.74 bits per heavy atom. The molecule has 1 fully saturated rings. The van der Waals surface area contributed by atoms with Gasteiger partial charge in [-0.15, -0.1) is 0 Å². The topological polar surface area (TPSA) is 18.5 Å². The highest BCUT2D eigenvalue weighted by Crippen LogP contribution is 2.27. The van der Waals surface area contributed by atoms with E-state index in [2.05, 4.69) is 61.5 Å². The molecular formula is C21H22O2. The highest BCUT2D eigenvalue weighted by atomic mass is 16.5. The zero-order chi connectivity index (χ0) is 15.7. The summed E-state index contributed by atoms with van der Waals surface area (Å²) in [6, 6.07) is 19.7. The maximum atomic E-state index is 5.85. The molecule has 3 aromatic carbocycles. The molecule has 23 heavy (non-hydrogen) atoms. The number of hydrogen-bond donors (Lipinski definition) is 0. The summed E-state index contributed by atoms with van der Waals surface area (Å²) in [6.45, 7) is 5.45. The van der Waals surface area contributed by atoms with E-state index in [-0.39, 0.29) is 5.41 Å². The van der Waals surface area contributed by atoms with Crippen LogP contribution in [0.3, 0.4) is 0 Å². The first-order chi connectivity index (χ1) is 11.2. The Morgan fingerprint density at radius 3 is 2.57 bits per heavy atom. The van der Waals surface area contributed by atoms with Crippen molar-refractivity contribution in [2.45, 2.75) is 13.3 Å². The lowest BCUT2D eigenvalue weighted by atomic mass is 9.90. The fourth-order valence-corrected chi connectivity index (χ4v) is 3.26. The van der Waals surface area contributed by atoms with Gasteiger partial charge in [-0.3, -0.25) is 0 Å². The van der Waals surface area contributed by atoms with Crippen LogP contribution in [-0.4, -0.2) is 26.4 Å². The van der Waals surface area contributed by atoms with E-state index in [0.717, 1.165) is 32.8 Å². The van der Waals surface area contributed by atoms with Crippen LogP contribution in [0.15, 0.2) is 54.6 Å². The minimum atomic E-state index is 0.238. The molecule has 118 valence electrons. The van der Waals surface area contributed by atoms with E-state index >= 15 is 0 Å². The molecule has 0 saturated carbocycles. The van der Waals surface area contributed by atoms with Crippen LogP contribution in [0.25, 0.3) is 21.5 Å². The highest BCUT2D eigenvalue weighted by molar-refractivity contribution is 6.07. The maximum Gasteiger partial charge on any atom is 0.0564 e. The molecule has 0 atom stereocenters. The molecule has 0 bridgehead atoms. The molecule has 0 aromatic heterocycles. The van der Waals surface area contributed by atoms with Gasteiger partial charge in [0.15, 0.2) is 0 Å². The lowest BCUT2D eigenvalue weighted by molar-refractivity contribution is -0.137. The average molecular weight is 306 g/mol. The standard InChI is InChI=1S/C21H22O2/c1-21(14-23-15-21)13-22-11-10-16-6-9-20-18(12-16)8-7-17-4-2-3-5-19(17)20/h2-9,12H,10-11,13-15H2,1H3. The Balaban J connectivity index is 1.47. The van der Waals surface area contributed by atoms with Gasteiger partial charge in [0.2, 0.25) is 0 Å². The zero-order valence-corrected chi connectivity index (χ0v) is 13.5. The van der Waals surface area contributed by atoms with Gasteiger partial charge >= 0.3 is 0 Å². The second-order valence-corrected chi connectivity index (χ2v) is 6.95. The molecule has 0 N–H and O–H groups in total. The lowest BCUT2D eigenvalue weighted by Gasteiger charge is -2.37. The summed E-state index contributed by atoms with van der Waals surface area (Å²) in [6.07, 6.45) is 0.958. The molecule has 2 heteroatoms. The van der Waals surface area contributed by atoms with Gasteiger partial charge in [0.1, 0.15) is 0 Å². The minimum absolute atomic E-state index is 0.238. The molecule has 0 radical (unpaired) electrons. The fraction of sp³-hybridized carbons (Fsp3) is 0.333. The van der Waals surface area contributed by atoms with Gasteiger partial charge in [-0.25, -0.2) is 0 Å². The molecule has 0 spiro atoms. The van der Waals surface area contributed by atoms with Gasteiger partial charge in [0.05, 0.1) is 26.4 Å². The number of hydrogen-bond acceptors (Lipinski definition) is 2. The third kappa shape index (κ3) is 2.97. The van der Waals surface area contributed by atoms with Gasteiger partial charge in [0, 0.05) is 5.41 Å². The predicted octanol–water partition coefficient (Wildman–Crippen LogP) is 4.59. The van der Waals surface area contributed by atoms with Crippen LogP contribution in [0.4, 0.5) is 0 Å². The molecule has 3 aromatic rings. The molecule has 1 saturated heterocycles. The van der Waals surface area contributed by atoms with Crippen molar-refractivity contribution in [2.75, 3.05) is 26.4 Å². The van der Waals surface area contributed by atoms with Crippen LogP contribution < -0.4 is 0 Å². The third-order valence-corrected chi connectivity index (χ3v) is 4.70. The van der Waals surface area contributed by atoms with Crippen molar-refractivity contribution in [3.63, 3.8) is 0 Å². The average Bonchev–Trinajstić information content (AvgIpc) is 2.57. The summed E-state index contributed by atoms with van der Waals surface area (Å²) in [7, 11) is 0. The second kappa shape index (κ2) is 5.95. The van der Waals surface area contributed by atoms with Crippen LogP contribution in [-0.2, 0) is 15.9 Å². The molecule has 4 rings (SSSR count). The Bertz CT molecular complexity index is 833. The van der Waals surface area contributed by atoms with Crippen molar-refractivity contribution in [3.8, 4) is 0 Å². The smallest absolute Gasteiger partial charge is 0.0564 e. The van der Waals surface area contributed by atoms with E-state index in [1.54, 1.807) is 0 Å². The Kier molecular flexibility index (Phi) is 3.80. The summed E-state index contributed by atoms with van der Waals surface area (Å²) in [5.74, 6) is 0. The van der Waals surface area contributed by atoms with Gasteiger partial charge < -0.3 is 9.47 Å². The van der Waals surface area contributed by atoms with Gasteiger partial charge in [0.25, 0.3) is 0 Å². The van der Waals surface area contributed by atoms with Crippen LogP contribution >= 0.6 is 0 Å². The van der Waals surface area contributed by atoms with Crippen LogP contribution in [0.2, 0.25) is 0 Å². The lowest BCUT2D eigenvalue weighted by Crippen LogP contribution is -2.43. The molecule has 2 nitrogen and oxygen atoms in total. The second-order valence-electron chi connectivity index (χ2n) is 6.95. The Morgan fingerprint density at radius 1 is 0.957 bits per heavy atom. The largest absolute Gasteiger partial charge is 0.380 e. The highest BCUT2D eigenvalue weighted by Gasteiger charge is 2.33. The van der Waals surface area contributed by atoms with E-state index < -0.39 is 0 Å². The van der Waals surface area contributed by atoms with E-state index in [9.17, 15) is 0 Å². The fourth-order valence-electron chi connectivity index (χ4n) is 3.26. The van der Waals surface area contributed by atoms with Gasteiger partial charge in [-0.1, -0.05) is 61.5 Å². The van der Waals surface area contributed by atoms with Crippen molar-refractivity contribution >= 4 is 21.5 Å². The van der Waals surface area contributed by atoms with Crippen molar-refractivity contribution in [2.24, 2.45) is 5.41 Å². The zero-order valence-electron chi connectivity index (χ0n) is 13.5. The first-order valence-electron chi connectivity index (χ1n) is 8.29. The van der Waals surface area contributed by atoms with Crippen LogP contribution in [0.5, 0.6) is 0 Å². The quantitative estimate of drug-likeness (QED) is 0.507. The first kappa shape index (κ1) is 14.7. The third-order valence-electron chi connectivity index (χ3n) is 4.70. The minimum Gasteiger partial charge on any atom is -0.380 e. The van der Waals surface area contributed by atoms with Gasteiger partial charge in [-0.2, -0.15) is 0 Å². The van der Waals surface area contributed by atoms with Crippen molar-refractivity contribution < 1.29 is 9.47 Å². The SMILES string of the molecule is CC1(COCCc2ccc3c(ccc4ccccc43)c2)COC1. The van der Waals surface area contributed by atoms with E-state index in [0.29, 0.717) is 0 Å². The molecule has 1 aliphatic rings. The summed E-state index contributed by atoms with van der Waals surface area (Å²) in [5, 5.41) is 5.25.